The van der Waals surface area contributed by atoms with Crippen molar-refractivity contribution in [3.8, 4) is 11.6 Å². The van der Waals surface area contributed by atoms with Crippen molar-refractivity contribution in [2.75, 3.05) is 24.2 Å². The maximum Gasteiger partial charge on any atom is 0.235 e. The predicted molar refractivity (Wildman–Crippen MR) is 126 cm³/mol. The molecule has 0 radical (unpaired) electrons. The second kappa shape index (κ2) is 9.54. The van der Waals surface area contributed by atoms with Gasteiger partial charge in [-0.15, -0.1) is 0 Å². The van der Waals surface area contributed by atoms with Crippen LogP contribution in [0.1, 0.15) is 67.3 Å². The van der Waals surface area contributed by atoms with Gasteiger partial charge in [0.1, 0.15) is 29.2 Å². The van der Waals surface area contributed by atoms with Gasteiger partial charge in [0.15, 0.2) is 15.6 Å². The van der Waals surface area contributed by atoms with E-state index in [-0.39, 0.29) is 22.5 Å². The Hall–Kier alpha value is -3.27. The highest BCUT2D eigenvalue weighted by Gasteiger charge is 2.28. The van der Waals surface area contributed by atoms with E-state index in [2.05, 4.69) is 33.9 Å². The van der Waals surface area contributed by atoms with Gasteiger partial charge in [0.25, 0.3) is 0 Å². The average molecular weight is 485 g/mol. The molecule has 0 unspecified atom stereocenters. The quantitative estimate of drug-likeness (QED) is 0.451. The zero-order valence-corrected chi connectivity index (χ0v) is 20.5. The van der Waals surface area contributed by atoms with Crippen molar-refractivity contribution >= 4 is 21.4 Å². The van der Waals surface area contributed by atoms with Gasteiger partial charge in [-0.2, -0.15) is 0 Å². The molecule has 1 aromatic carbocycles. The predicted octanol–water partition coefficient (Wildman–Crippen LogP) is 4.37. The molecule has 1 saturated heterocycles. The maximum absolute atomic E-state index is 12.6. The molecular formula is C24H28N4O5S. The fraction of sp³-hybridized carbons (Fsp3) is 0.417. The van der Waals surface area contributed by atoms with Crippen molar-refractivity contribution in [3.63, 3.8) is 0 Å². The Balaban J connectivity index is 1.53. The molecule has 0 bridgehead atoms. The van der Waals surface area contributed by atoms with Crippen LogP contribution in [0.4, 0.5) is 5.82 Å². The fourth-order valence-electron chi connectivity index (χ4n) is 4.00. The molecule has 3 aromatic rings. The maximum atomic E-state index is 12.6. The highest BCUT2D eigenvalue weighted by molar-refractivity contribution is 7.90. The van der Waals surface area contributed by atoms with Crippen LogP contribution in [0.15, 0.2) is 46.1 Å². The number of hydrogen-bond donors (Lipinski definition) is 0. The first-order valence-corrected chi connectivity index (χ1v) is 13.1. The molecule has 0 saturated carbocycles. The summed E-state index contributed by atoms with van der Waals surface area (Å²) >= 11 is 0. The van der Waals surface area contributed by atoms with E-state index >= 15 is 0 Å². The number of rotatable bonds is 7. The Bertz CT molecular complexity index is 1280. The summed E-state index contributed by atoms with van der Waals surface area (Å²) in [5.74, 6) is 2.33. The van der Waals surface area contributed by atoms with E-state index in [1.165, 1.54) is 37.5 Å². The van der Waals surface area contributed by atoms with Crippen molar-refractivity contribution in [1.29, 1.82) is 0 Å². The number of nitrogens with zero attached hydrogens (tertiary/aromatic N) is 4. The molecule has 1 aliphatic heterocycles. The van der Waals surface area contributed by atoms with Crippen LogP contribution in [-0.4, -0.2) is 48.7 Å². The summed E-state index contributed by atoms with van der Waals surface area (Å²) < 4.78 is 34.8. The van der Waals surface area contributed by atoms with Crippen LogP contribution >= 0.6 is 0 Å². The summed E-state index contributed by atoms with van der Waals surface area (Å²) in [6.07, 6.45) is 4.20. The Kier molecular flexibility index (Phi) is 6.70. The molecule has 180 valence electrons. The molecule has 2 aromatic heterocycles. The van der Waals surface area contributed by atoms with Gasteiger partial charge in [-0.1, -0.05) is 19.0 Å². The fourth-order valence-corrected chi connectivity index (χ4v) is 4.63. The summed E-state index contributed by atoms with van der Waals surface area (Å²) in [4.78, 5) is 23.4. The monoisotopic (exact) mass is 484 g/mol. The summed E-state index contributed by atoms with van der Waals surface area (Å²) in [5, 5.41) is 4.17. The second-order valence-corrected chi connectivity index (χ2v) is 10.9. The molecule has 10 heteroatoms. The first-order valence-electron chi connectivity index (χ1n) is 11.2. The molecule has 3 heterocycles. The average Bonchev–Trinajstić information content (AvgIpc) is 3.29. The number of ether oxygens (including phenoxy) is 1. The lowest BCUT2D eigenvalue weighted by Gasteiger charge is -2.32. The number of ketones is 1. The van der Waals surface area contributed by atoms with Crippen LogP contribution in [-0.2, 0) is 9.84 Å². The molecule has 9 nitrogen and oxygen atoms in total. The lowest BCUT2D eigenvalue weighted by atomic mass is 9.93. The molecule has 0 aliphatic carbocycles. The van der Waals surface area contributed by atoms with Gasteiger partial charge in [-0.05, 0) is 49.9 Å². The minimum atomic E-state index is -3.32. The number of sulfone groups is 1. The summed E-state index contributed by atoms with van der Waals surface area (Å²) in [5.41, 5.74) is 1.26. The van der Waals surface area contributed by atoms with Crippen molar-refractivity contribution in [2.24, 2.45) is 0 Å². The molecule has 0 N–H and O–H groups in total. The van der Waals surface area contributed by atoms with Gasteiger partial charge in [0.2, 0.25) is 5.88 Å². The van der Waals surface area contributed by atoms with E-state index in [9.17, 15) is 13.2 Å². The Labute approximate surface area is 199 Å². The molecule has 1 aliphatic rings. The molecular weight excluding hydrogens is 456 g/mol. The van der Waals surface area contributed by atoms with Crippen LogP contribution in [0.2, 0.25) is 0 Å². The molecule has 1 fully saturated rings. The first kappa shape index (κ1) is 23.9. The van der Waals surface area contributed by atoms with Crippen LogP contribution in [0.3, 0.4) is 0 Å². The number of carbonyl (C=O) groups excluding carboxylic acids is 1. The highest BCUT2D eigenvalue weighted by Crippen LogP contribution is 2.35. The zero-order chi connectivity index (χ0) is 24.5. The molecule has 34 heavy (non-hydrogen) atoms. The first-order chi connectivity index (χ1) is 16.1. The summed E-state index contributed by atoms with van der Waals surface area (Å²) in [6.45, 7) is 7.02. The van der Waals surface area contributed by atoms with E-state index in [4.69, 9.17) is 9.26 Å². The summed E-state index contributed by atoms with van der Waals surface area (Å²) in [7, 11) is -3.32. The van der Waals surface area contributed by atoms with E-state index in [0.717, 1.165) is 30.6 Å². The van der Waals surface area contributed by atoms with Gasteiger partial charge in [0, 0.05) is 31.3 Å². The number of anilines is 1. The van der Waals surface area contributed by atoms with Crippen LogP contribution in [0.25, 0.3) is 0 Å². The molecule has 0 spiro atoms. The van der Waals surface area contributed by atoms with E-state index < -0.39 is 9.84 Å². The van der Waals surface area contributed by atoms with Crippen LogP contribution in [0, 0.1) is 0 Å². The Morgan fingerprint density at radius 3 is 2.38 bits per heavy atom. The van der Waals surface area contributed by atoms with E-state index in [0.29, 0.717) is 36.1 Å². The van der Waals surface area contributed by atoms with Gasteiger partial charge < -0.3 is 14.2 Å². The normalized spacial score (nSPS) is 15.0. The van der Waals surface area contributed by atoms with Crippen LogP contribution < -0.4 is 9.64 Å². The third-order valence-corrected chi connectivity index (χ3v) is 7.07. The molecule has 0 amide bonds. The van der Waals surface area contributed by atoms with E-state index in [1.54, 1.807) is 0 Å². The highest BCUT2D eigenvalue weighted by atomic mass is 32.2. The van der Waals surface area contributed by atoms with Gasteiger partial charge >= 0.3 is 0 Å². The standard InChI is InChI=1S/C24H28N4O5S/c1-15(2)20-13-21(33-27-20)17-9-11-28(12-10-17)23-22(16(3)29)24(26-14-25-23)32-18-5-7-19(8-6-18)34(4,30)31/h5-8,13-15,17H,9-12H2,1-4H3. The van der Waals surface area contributed by atoms with Gasteiger partial charge in [-0.25, -0.2) is 18.4 Å². The smallest absolute Gasteiger partial charge is 0.235 e. The Morgan fingerprint density at radius 2 is 1.82 bits per heavy atom. The Morgan fingerprint density at radius 1 is 1.15 bits per heavy atom. The third kappa shape index (κ3) is 5.11. The van der Waals surface area contributed by atoms with Gasteiger partial charge in [-0.3, -0.25) is 4.79 Å². The molecule has 4 rings (SSSR count). The lowest BCUT2D eigenvalue weighted by molar-refractivity contribution is 0.101. The van der Waals surface area contributed by atoms with Crippen molar-refractivity contribution in [1.82, 2.24) is 15.1 Å². The van der Waals surface area contributed by atoms with Crippen LogP contribution in [0.5, 0.6) is 11.6 Å². The summed E-state index contributed by atoms with van der Waals surface area (Å²) in [6, 6.07) is 8.03. The van der Waals surface area contributed by atoms with E-state index in [1.807, 2.05) is 6.07 Å². The minimum absolute atomic E-state index is 0.142. The third-order valence-electron chi connectivity index (χ3n) is 5.95. The number of aromatic nitrogens is 3. The lowest BCUT2D eigenvalue weighted by Crippen LogP contribution is -2.34. The number of carbonyl (C=O) groups is 1. The van der Waals surface area contributed by atoms with Gasteiger partial charge in [0.05, 0.1) is 10.6 Å². The number of piperidine rings is 1. The molecule has 0 atom stereocenters. The van der Waals surface area contributed by atoms with Crippen molar-refractivity contribution < 1.29 is 22.5 Å². The number of Topliss-reactive ketones (excluding diaryl/α,β-unsaturated/α-hetero) is 1. The van der Waals surface area contributed by atoms with Crippen molar-refractivity contribution in [3.05, 3.63) is 53.7 Å². The topological polar surface area (TPSA) is 115 Å². The minimum Gasteiger partial charge on any atom is -0.438 e. The largest absolute Gasteiger partial charge is 0.438 e. The second-order valence-electron chi connectivity index (χ2n) is 8.85. The number of hydrogen-bond acceptors (Lipinski definition) is 9. The SMILES string of the molecule is CC(=O)c1c(Oc2ccc(S(C)(=O)=O)cc2)ncnc1N1CCC(c2cc(C(C)C)no2)CC1. The number of benzene rings is 1. The van der Waals surface area contributed by atoms with Crippen molar-refractivity contribution in [2.45, 2.75) is 50.3 Å². The zero-order valence-electron chi connectivity index (χ0n) is 19.7.